The molecule has 3 nitrogen and oxygen atoms in total. The van der Waals surface area contributed by atoms with Gasteiger partial charge in [0.1, 0.15) is 0 Å². The van der Waals surface area contributed by atoms with Gasteiger partial charge < -0.3 is 5.32 Å². The van der Waals surface area contributed by atoms with Crippen molar-refractivity contribution in [3.05, 3.63) is 39.3 Å². The van der Waals surface area contributed by atoms with Gasteiger partial charge in [-0.1, -0.05) is 6.92 Å². The number of nitrogens with one attached hydrogen (secondary N) is 1. The predicted octanol–water partition coefficient (Wildman–Crippen LogP) is 3.34. The van der Waals surface area contributed by atoms with E-state index in [0.717, 1.165) is 25.1 Å². The Morgan fingerprint density at radius 2 is 2.21 bits per heavy atom. The average molecular weight is 277 g/mol. The van der Waals surface area contributed by atoms with E-state index in [9.17, 15) is 0 Å². The summed E-state index contributed by atoms with van der Waals surface area (Å²) in [4.78, 5) is 1.46. The molecule has 1 atom stereocenters. The average Bonchev–Trinajstić information content (AvgIpc) is 3.01. The van der Waals surface area contributed by atoms with Gasteiger partial charge in [0.05, 0.1) is 5.69 Å². The minimum absolute atomic E-state index is 0.386. The van der Waals surface area contributed by atoms with E-state index >= 15 is 0 Å². The van der Waals surface area contributed by atoms with E-state index in [1.54, 1.807) is 0 Å². The fraction of sp³-hybridized carbons (Fsp3) is 0.533. The van der Waals surface area contributed by atoms with Crippen LogP contribution in [0.1, 0.15) is 41.7 Å². The largest absolute Gasteiger partial charge is 0.312 e. The van der Waals surface area contributed by atoms with Gasteiger partial charge in [0.25, 0.3) is 0 Å². The lowest BCUT2D eigenvalue weighted by Gasteiger charge is -2.17. The first-order valence-electron chi connectivity index (χ1n) is 6.96. The summed E-state index contributed by atoms with van der Waals surface area (Å²) >= 11 is 1.85. The van der Waals surface area contributed by atoms with Crippen LogP contribution in [0.2, 0.25) is 0 Å². The van der Waals surface area contributed by atoms with Crippen molar-refractivity contribution >= 4 is 11.3 Å². The Morgan fingerprint density at radius 1 is 1.42 bits per heavy atom. The molecule has 0 aliphatic rings. The Hall–Kier alpha value is -1.13. The van der Waals surface area contributed by atoms with Crippen molar-refractivity contribution in [2.45, 2.75) is 46.2 Å². The molecule has 0 aliphatic heterocycles. The molecule has 0 bridgehead atoms. The van der Waals surface area contributed by atoms with Gasteiger partial charge in [0.2, 0.25) is 0 Å². The molecule has 19 heavy (non-hydrogen) atoms. The highest BCUT2D eigenvalue weighted by Crippen LogP contribution is 2.27. The van der Waals surface area contributed by atoms with Crippen LogP contribution in [0.5, 0.6) is 0 Å². The normalized spacial score (nSPS) is 12.8. The summed E-state index contributed by atoms with van der Waals surface area (Å²) in [7, 11) is 2.04. The first kappa shape index (κ1) is 14.3. The van der Waals surface area contributed by atoms with Crippen LogP contribution in [0.15, 0.2) is 17.5 Å². The van der Waals surface area contributed by atoms with Gasteiger partial charge in [-0.05, 0) is 50.4 Å². The second-order valence-corrected chi connectivity index (χ2v) is 5.75. The highest BCUT2D eigenvalue weighted by molar-refractivity contribution is 7.10. The molecule has 2 heterocycles. The van der Waals surface area contributed by atoms with Crippen molar-refractivity contribution in [1.82, 2.24) is 15.1 Å². The zero-order valence-corrected chi connectivity index (χ0v) is 13.0. The maximum Gasteiger partial charge on any atom is 0.0596 e. The van der Waals surface area contributed by atoms with Crippen molar-refractivity contribution in [1.29, 1.82) is 0 Å². The van der Waals surface area contributed by atoms with Crippen LogP contribution in [0.25, 0.3) is 0 Å². The molecule has 0 spiro atoms. The minimum Gasteiger partial charge on any atom is -0.312 e. The molecule has 2 aromatic rings. The molecule has 1 unspecified atom stereocenters. The molecule has 2 aromatic heterocycles. The molecular weight excluding hydrogens is 254 g/mol. The third-order valence-electron chi connectivity index (χ3n) is 3.52. The van der Waals surface area contributed by atoms with E-state index in [-0.39, 0.29) is 0 Å². The zero-order valence-electron chi connectivity index (χ0n) is 12.2. The summed E-state index contributed by atoms with van der Waals surface area (Å²) in [5.41, 5.74) is 3.88. The molecule has 1 N–H and O–H groups in total. The third kappa shape index (κ3) is 3.07. The molecule has 0 aliphatic carbocycles. The van der Waals surface area contributed by atoms with Gasteiger partial charge in [0.15, 0.2) is 0 Å². The molecule has 0 aromatic carbocycles. The van der Waals surface area contributed by atoms with Crippen LogP contribution in [0, 0.1) is 6.92 Å². The number of thiophene rings is 1. The molecule has 0 saturated heterocycles. The number of hydrogen-bond donors (Lipinski definition) is 1. The molecule has 0 saturated carbocycles. The van der Waals surface area contributed by atoms with E-state index in [1.165, 1.54) is 16.1 Å². The van der Waals surface area contributed by atoms with Crippen molar-refractivity contribution < 1.29 is 0 Å². The van der Waals surface area contributed by atoms with E-state index < -0.39 is 0 Å². The summed E-state index contributed by atoms with van der Waals surface area (Å²) in [6.07, 6.45) is 2.10. The van der Waals surface area contributed by atoms with Crippen molar-refractivity contribution in [3.63, 3.8) is 0 Å². The number of likely N-dealkylation sites (N-methyl/N-ethyl adjacent to an activating group) is 1. The molecule has 104 valence electrons. The van der Waals surface area contributed by atoms with Gasteiger partial charge in [0, 0.05) is 29.6 Å². The summed E-state index contributed by atoms with van der Waals surface area (Å²) in [6, 6.07) is 4.83. The van der Waals surface area contributed by atoms with Crippen molar-refractivity contribution in [2.75, 3.05) is 7.05 Å². The Morgan fingerprint density at radius 3 is 2.84 bits per heavy atom. The topological polar surface area (TPSA) is 29.9 Å². The van der Waals surface area contributed by atoms with Crippen LogP contribution in [-0.2, 0) is 19.4 Å². The quantitative estimate of drug-likeness (QED) is 0.877. The molecule has 0 amide bonds. The second-order valence-electron chi connectivity index (χ2n) is 4.80. The smallest absolute Gasteiger partial charge is 0.0596 e. The maximum atomic E-state index is 4.53. The molecule has 4 heteroatoms. The number of aromatic nitrogens is 2. The fourth-order valence-electron chi connectivity index (χ4n) is 2.52. The van der Waals surface area contributed by atoms with Crippen LogP contribution in [0.4, 0.5) is 0 Å². The summed E-state index contributed by atoms with van der Waals surface area (Å²) < 4.78 is 2.11. The third-order valence-corrected chi connectivity index (χ3v) is 4.60. The number of rotatable bonds is 6. The minimum atomic E-state index is 0.386. The standard InChI is InChI=1S/C15H23N3S/c1-5-12-7-8-19-15(12)14(16-4)10-13-9-11(3)17-18(13)6-2/h7-9,14,16H,5-6,10H2,1-4H3. The van der Waals surface area contributed by atoms with Gasteiger partial charge in [-0.2, -0.15) is 5.10 Å². The van der Waals surface area contributed by atoms with Gasteiger partial charge >= 0.3 is 0 Å². The van der Waals surface area contributed by atoms with Crippen LogP contribution in [0.3, 0.4) is 0 Å². The predicted molar refractivity (Wildman–Crippen MR) is 81.8 cm³/mol. The van der Waals surface area contributed by atoms with E-state index in [2.05, 4.69) is 53.4 Å². The Balaban J connectivity index is 2.23. The van der Waals surface area contributed by atoms with E-state index in [1.807, 2.05) is 18.4 Å². The Labute approximate surface area is 119 Å². The molecule has 0 fully saturated rings. The van der Waals surface area contributed by atoms with E-state index in [4.69, 9.17) is 0 Å². The van der Waals surface area contributed by atoms with Crippen molar-refractivity contribution in [3.8, 4) is 0 Å². The Kier molecular flexibility index (Phi) is 4.77. The SMILES string of the molecule is CCc1ccsc1C(Cc1cc(C)nn1CC)NC. The summed E-state index contributed by atoms with van der Waals surface area (Å²) in [5, 5.41) is 10.2. The Bertz CT molecular complexity index is 527. The van der Waals surface area contributed by atoms with Gasteiger partial charge in [-0.25, -0.2) is 0 Å². The highest BCUT2D eigenvalue weighted by atomic mass is 32.1. The molecule has 2 rings (SSSR count). The number of aryl methyl sites for hydroxylation is 3. The van der Waals surface area contributed by atoms with Gasteiger partial charge in [-0.3, -0.25) is 4.68 Å². The zero-order chi connectivity index (χ0) is 13.8. The number of nitrogens with zero attached hydrogens (tertiary/aromatic N) is 2. The summed E-state index contributed by atoms with van der Waals surface area (Å²) in [6.45, 7) is 7.36. The lowest BCUT2D eigenvalue weighted by molar-refractivity contribution is 0.544. The second kappa shape index (κ2) is 6.35. The van der Waals surface area contributed by atoms with Crippen LogP contribution < -0.4 is 5.32 Å². The maximum absolute atomic E-state index is 4.53. The lowest BCUT2D eigenvalue weighted by Crippen LogP contribution is -2.20. The molecular formula is C15H23N3S. The van der Waals surface area contributed by atoms with Crippen LogP contribution in [-0.4, -0.2) is 16.8 Å². The van der Waals surface area contributed by atoms with E-state index in [0.29, 0.717) is 6.04 Å². The van der Waals surface area contributed by atoms with Crippen molar-refractivity contribution in [2.24, 2.45) is 0 Å². The number of hydrogen-bond acceptors (Lipinski definition) is 3. The first-order chi connectivity index (χ1) is 9.19. The summed E-state index contributed by atoms with van der Waals surface area (Å²) in [5.74, 6) is 0. The highest BCUT2D eigenvalue weighted by Gasteiger charge is 2.17. The monoisotopic (exact) mass is 277 g/mol. The lowest BCUT2D eigenvalue weighted by atomic mass is 10.0. The fourth-order valence-corrected chi connectivity index (χ4v) is 3.63. The molecule has 0 radical (unpaired) electrons. The van der Waals surface area contributed by atoms with Crippen LogP contribution >= 0.6 is 11.3 Å². The first-order valence-corrected chi connectivity index (χ1v) is 7.84. The van der Waals surface area contributed by atoms with Gasteiger partial charge in [-0.15, -0.1) is 11.3 Å².